The molecule has 2 aromatic carbocycles. The molecule has 1 fully saturated rings. The van der Waals surface area contributed by atoms with Crippen LogP contribution in [0.25, 0.3) is 0 Å². The summed E-state index contributed by atoms with van der Waals surface area (Å²) in [5, 5.41) is 10.4. The fourth-order valence-corrected chi connectivity index (χ4v) is 4.91. The minimum Gasteiger partial charge on any atom is -0.482 e. The Balaban J connectivity index is 0.00000124. The average Bonchev–Trinajstić information content (AvgIpc) is 2.99. The van der Waals surface area contributed by atoms with Gasteiger partial charge in [-0.05, 0) is 59.3 Å². The molecule has 0 spiro atoms. The summed E-state index contributed by atoms with van der Waals surface area (Å²) >= 11 is 0. The second-order valence-electron chi connectivity index (χ2n) is 8.50. The van der Waals surface area contributed by atoms with Crippen molar-refractivity contribution in [1.82, 2.24) is 0 Å². The molecule has 0 saturated heterocycles. The normalized spacial score (nSPS) is 26.6. The first-order valence-electron chi connectivity index (χ1n) is 11.1. The molecule has 1 saturated carbocycles. The van der Waals surface area contributed by atoms with Gasteiger partial charge in [-0.1, -0.05) is 70.2 Å². The van der Waals surface area contributed by atoms with E-state index in [9.17, 15) is 9.90 Å². The third kappa shape index (κ3) is 4.54. The van der Waals surface area contributed by atoms with Gasteiger partial charge in [0.25, 0.3) is 0 Å². The number of hydrogen-bond donors (Lipinski definition) is 1. The van der Waals surface area contributed by atoms with Gasteiger partial charge in [0.15, 0.2) is 6.61 Å². The lowest BCUT2D eigenvalue weighted by molar-refractivity contribution is -0.147. The van der Waals surface area contributed by atoms with E-state index in [0.717, 1.165) is 30.6 Å². The molecule has 2 aromatic rings. The van der Waals surface area contributed by atoms with Crippen LogP contribution in [0, 0.1) is 17.3 Å². The smallest absolute Gasteiger partial charge is 0.344 e. The van der Waals surface area contributed by atoms with Gasteiger partial charge in [-0.3, -0.25) is 0 Å². The highest BCUT2D eigenvalue weighted by atomic mass is 16.6. The highest BCUT2D eigenvalue weighted by Gasteiger charge is 2.51. The van der Waals surface area contributed by atoms with E-state index in [4.69, 9.17) is 9.47 Å². The van der Waals surface area contributed by atoms with Gasteiger partial charge in [0.2, 0.25) is 0 Å². The maximum absolute atomic E-state index is 12.1. The number of hydrogen-bond acceptors (Lipinski definition) is 4. The third-order valence-corrected chi connectivity index (χ3v) is 6.92. The summed E-state index contributed by atoms with van der Waals surface area (Å²) in [6, 6.07) is 15.7. The first kappa shape index (κ1) is 22.4. The number of ether oxygens (including phenoxy) is 2. The van der Waals surface area contributed by atoms with E-state index in [1.807, 2.05) is 56.3 Å². The fourth-order valence-electron chi connectivity index (χ4n) is 4.91. The van der Waals surface area contributed by atoms with Gasteiger partial charge in [0.05, 0.1) is 6.10 Å². The van der Waals surface area contributed by atoms with Crippen LogP contribution in [0.4, 0.5) is 0 Å². The predicted octanol–water partition coefficient (Wildman–Crippen LogP) is 4.96. The molecule has 4 nitrogen and oxygen atoms in total. The topological polar surface area (TPSA) is 55.8 Å². The zero-order valence-corrected chi connectivity index (χ0v) is 18.6. The van der Waals surface area contributed by atoms with Crippen LogP contribution in [0.3, 0.4) is 0 Å². The summed E-state index contributed by atoms with van der Waals surface area (Å²) < 4.78 is 11.2. The second-order valence-corrected chi connectivity index (χ2v) is 8.50. The number of aliphatic hydroxyl groups excluding tert-OH is 1. The maximum atomic E-state index is 12.1. The molecular weight excluding hydrogens is 376 g/mol. The molecule has 2 aliphatic carbocycles. The lowest BCUT2D eigenvalue weighted by atomic mass is 9.64. The predicted molar refractivity (Wildman–Crippen MR) is 118 cm³/mol. The summed E-state index contributed by atoms with van der Waals surface area (Å²) in [6.45, 7) is 8.63. The first-order chi connectivity index (χ1) is 14.5. The molecule has 0 amide bonds. The largest absolute Gasteiger partial charge is 0.482 e. The van der Waals surface area contributed by atoms with E-state index in [-0.39, 0.29) is 30.7 Å². The fraction of sp³-hybridized carbons (Fsp3) is 0.500. The molecule has 0 aromatic heterocycles. The summed E-state index contributed by atoms with van der Waals surface area (Å²) in [5.41, 5.74) is 3.54. The third-order valence-electron chi connectivity index (χ3n) is 6.92. The average molecular weight is 411 g/mol. The molecule has 3 unspecified atom stereocenters. The second kappa shape index (κ2) is 9.65. The Morgan fingerprint density at radius 2 is 1.87 bits per heavy atom. The van der Waals surface area contributed by atoms with Gasteiger partial charge >= 0.3 is 5.97 Å². The zero-order valence-electron chi connectivity index (χ0n) is 18.6. The van der Waals surface area contributed by atoms with Crippen LogP contribution in [0.15, 0.2) is 48.5 Å². The number of fused-ring (bicyclic) bond motifs is 2. The van der Waals surface area contributed by atoms with E-state index in [1.54, 1.807) is 0 Å². The molecule has 0 bridgehead atoms. The summed E-state index contributed by atoms with van der Waals surface area (Å²) in [4.78, 5) is 12.1. The number of benzene rings is 2. The standard InChI is InChI=1S/C24H28O4.C2H6/c1-16-21(25)12-19-11-20-18(13-24(16,19)2)9-6-10-22(20)27-15-23(26)28-14-17-7-4-3-5-8-17;1-2/h3-10,16,19,21,25H,11-15H2,1-2H3;1-2H3/t16?,19?,21-,24?;/m1./s1. The summed E-state index contributed by atoms with van der Waals surface area (Å²) in [5.74, 6) is 1.14. The van der Waals surface area contributed by atoms with Gasteiger partial charge < -0.3 is 14.6 Å². The van der Waals surface area contributed by atoms with Crippen molar-refractivity contribution in [3.8, 4) is 5.75 Å². The highest BCUT2D eigenvalue weighted by molar-refractivity contribution is 5.71. The number of carbonyl (C=O) groups is 1. The van der Waals surface area contributed by atoms with E-state index in [1.165, 1.54) is 11.1 Å². The SMILES string of the molecule is CC.CC1[C@H](O)CC2Cc3c(cccc3OCC(=O)OCc3ccccc3)CC21C. The number of rotatable bonds is 5. The monoisotopic (exact) mass is 410 g/mol. The maximum Gasteiger partial charge on any atom is 0.344 e. The molecule has 162 valence electrons. The van der Waals surface area contributed by atoms with Crippen LogP contribution < -0.4 is 4.74 Å². The quantitative estimate of drug-likeness (QED) is 0.708. The Morgan fingerprint density at radius 1 is 1.13 bits per heavy atom. The van der Waals surface area contributed by atoms with E-state index in [2.05, 4.69) is 19.9 Å². The minimum atomic E-state index is -0.369. The van der Waals surface area contributed by atoms with Gasteiger partial charge in [-0.2, -0.15) is 0 Å². The van der Waals surface area contributed by atoms with Crippen molar-refractivity contribution in [1.29, 1.82) is 0 Å². The Morgan fingerprint density at radius 3 is 2.60 bits per heavy atom. The highest BCUT2D eigenvalue weighted by Crippen LogP contribution is 2.54. The molecule has 0 aliphatic heterocycles. The first-order valence-corrected chi connectivity index (χ1v) is 11.1. The molecule has 4 heteroatoms. The molecule has 0 heterocycles. The molecule has 4 atom stereocenters. The van der Waals surface area contributed by atoms with Crippen LogP contribution in [-0.2, 0) is 29.0 Å². The number of aliphatic hydroxyl groups is 1. The summed E-state index contributed by atoms with van der Waals surface area (Å²) in [6.07, 6.45) is 2.44. The van der Waals surface area contributed by atoms with Gasteiger partial charge in [-0.15, -0.1) is 0 Å². The summed E-state index contributed by atoms with van der Waals surface area (Å²) in [7, 11) is 0. The van der Waals surface area contributed by atoms with E-state index >= 15 is 0 Å². The number of carbonyl (C=O) groups excluding carboxylic acids is 1. The van der Waals surface area contributed by atoms with Crippen LogP contribution in [0.5, 0.6) is 5.75 Å². The van der Waals surface area contributed by atoms with Crippen LogP contribution in [0.1, 0.15) is 50.8 Å². The van der Waals surface area contributed by atoms with Crippen molar-refractivity contribution in [2.24, 2.45) is 17.3 Å². The van der Waals surface area contributed by atoms with Crippen LogP contribution >= 0.6 is 0 Å². The van der Waals surface area contributed by atoms with E-state index < -0.39 is 0 Å². The van der Waals surface area contributed by atoms with Gasteiger partial charge in [0.1, 0.15) is 12.4 Å². The molecule has 2 aliphatic rings. The molecule has 1 N–H and O–H groups in total. The zero-order chi connectivity index (χ0) is 21.7. The Hall–Kier alpha value is -2.33. The van der Waals surface area contributed by atoms with Crippen molar-refractivity contribution in [3.63, 3.8) is 0 Å². The number of esters is 1. The van der Waals surface area contributed by atoms with Crippen molar-refractivity contribution in [2.45, 2.75) is 59.7 Å². The molecule has 4 rings (SSSR count). The minimum absolute atomic E-state index is 0.0930. The van der Waals surface area contributed by atoms with Gasteiger partial charge in [0, 0.05) is 0 Å². The molecular formula is C26H34O4. The molecule has 30 heavy (non-hydrogen) atoms. The Bertz CT molecular complexity index is 847. The van der Waals surface area contributed by atoms with Crippen molar-refractivity contribution < 1.29 is 19.4 Å². The lowest BCUT2D eigenvalue weighted by Gasteiger charge is -2.41. The Labute approximate surface area is 180 Å². The van der Waals surface area contributed by atoms with Crippen LogP contribution in [-0.4, -0.2) is 23.8 Å². The van der Waals surface area contributed by atoms with Crippen LogP contribution in [0.2, 0.25) is 0 Å². The van der Waals surface area contributed by atoms with Crippen molar-refractivity contribution >= 4 is 5.97 Å². The molecule has 0 radical (unpaired) electrons. The lowest BCUT2D eigenvalue weighted by Crippen LogP contribution is -2.36. The Kier molecular flexibility index (Phi) is 7.19. The van der Waals surface area contributed by atoms with Crippen molar-refractivity contribution in [3.05, 3.63) is 65.2 Å². The van der Waals surface area contributed by atoms with Gasteiger partial charge in [-0.25, -0.2) is 4.79 Å². The van der Waals surface area contributed by atoms with E-state index in [0.29, 0.717) is 11.8 Å². The van der Waals surface area contributed by atoms with Crippen molar-refractivity contribution in [2.75, 3.05) is 6.61 Å².